The molecule has 0 fully saturated rings. The van der Waals surface area contributed by atoms with Gasteiger partial charge in [0.15, 0.2) is 0 Å². The van der Waals surface area contributed by atoms with Crippen LogP contribution in [-0.2, 0) is 0 Å². The van der Waals surface area contributed by atoms with E-state index in [1.165, 1.54) is 34.4 Å². The maximum atomic E-state index is 3.99. The normalized spacial score (nSPS) is 11.4. The molecule has 0 nitrogen and oxygen atoms in total. The summed E-state index contributed by atoms with van der Waals surface area (Å²) in [5.74, 6) is 0. The minimum atomic E-state index is -2.32. The molecule has 0 saturated heterocycles. The first kappa shape index (κ1) is 19.5. The molecule has 0 unspecified atom stereocenters. The first-order valence-corrected chi connectivity index (χ1v) is 17.0. The van der Waals surface area contributed by atoms with Crippen LogP contribution in [0.15, 0.2) is 98.6 Å². The standard InChI is InChI=1S/C15H13.3C3H5.Sn/c1-2-8-13-11-6-7-12-15(13)14-9-4-3-5-10-14;3*1-3-2;/h2-12H,1H2;3*3H,1-2H2;. The molecule has 1 heteroatoms. The summed E-state index contributed by atoms with van der Waals surface area (Å²) in [6, 6.07) is 19.2. The van der Waals surface area contributed by atoms with Crippen LogP contribution < -0.4 is 0 Å². The number of hydrogen-bond acceptors (Lipinski definition) is 0. The molecule has 0 radical (unpaired) electrons. The fraction of sp³-hybridized carbons (Fsp3) is 0.167. The number of rotatable bonds is 10. The van der Waals surface area contributed by atoms with Gasteiger partial charge in [0.2, 0.25) is 0 Å². The van der Waals surface area contributed by atoms with Crippen LogP contribution >= 0.6 is 0 Å². The van der Waals surface area contributed by atoms with E-state index in [9.17, 15) is 0 Å². The monoisotopic (exact) mass is 436 g/mol. The zero-order valence-corrected chi connectivity index (χ0v) is 17.9. The van der Waals surface area contributed by atoms with E-state index in [-0.39, 0.29) is 0 Å². The van der Waals surface area contributed by atoms with E-state index in [0.717, 1.165) is 0 Å². The van der Waals surface area contributed by atoms with Crippen molar-refractivity contribution < 1.29 is 0 Å². The molecule has 0 atom stereocenters. The Kier molecular flexibility index (Phi) is 8.00. The van der Waals surface area contributed by atoms with Gasteiger partial charge in [-0.1, -0.05) is 0 Å². The van der Waals surface area contributed by atoms with Crippen molar-refractivity contribution in [2.75, 3.05) is 0 Å². The van der Waals surface area contributed by atoms with E-state index >= 15 is 0 Å². The van der Waals surface area contributed by atoms with Crippen molar-refractivity contribution in [2.45, 2.75) is 17.7 Å². The molecule has 0 aliphatic heterocycles. The molecule has 0 saturated carbocycles. The van der Waals surface area contributed by atoms with Crippen LogP contribution in [0, 0.1) is 0 Å². The van der Waals surface area contributed by atoms with Crippen molar-refractivity contribution >= 4 is 24.5 Å². The average Bonchev–Trinajstić information content (AvgIpc) is 2.64. The molecule has 2 aromatic carbocycles. The van der Waals surface area contributed by atoms with Crippen molar-refractivity contribution in [2.24, 2.45) is 0 Å². The average molecular weight is 435 g/mol. The van der Waals surface area contributed by atoms with Crippen molar-refractivity contribution in [3.63, 3.8) is 0 Å². The van der Waals surface area contributed by atoms with Gasteiger partial charge in [-0.25, -0.2) is 0 Å². The second-order valence-electron chi connectivity index (χ2n) is 6.54. The van der Waals surface area contributed by atoms with Crippen LogP contribution in [0.5, 0.6) is 0 Å². The van der Waals surface area contributed by atoms with Crippen molar-refractivity contribution in [1.82, 2.24) is 0 Å². The van der Waals surface area contributed by atoms with E-state index < -0.39 is 18.4 Å². The molecule has 0 amide bonds. The molecular weight excluding hydrogens is 407 g/mol. The molecular formula is C24H28Sn. The number of allylic oxidation sites excluding steroid dienone is 4. The van der Waals surface area contributed by atoms with Crippen molar-refractivity contribution in [1.29, 1.82) is 0 Å². The molecule has 0 spiro atoms. The van der Waals surface area contributed by atoms with E-state index in [1.54, 1.807) is 0 Å². The van der Waals surface area contributed by atoms with Crippen LogP contribution in [0.4, 0.5) is 0 Å². The fourth-order valence-corrected chi connectivity index (χ4v) is 13.2. The van der Waals surface area contributed by atoms with Crippen LogP contribution in [0.2, 0.25) is 17.7 Å². The summed E-state index contributed by atoms with van der Waals surface area (Å²) in [6.45, 7) is 12.0. The molecule has 0 aliphatic rings. The first-order valence-electron chi connectivity index (χ1n) is 8.88. The number of benzene rings is 2. The van der Waals surface area contributed by atoms with E-state index in [4.69, 9.17) is 0 Å². The Morgan fingerprint density at radius 2 is 1.24 bits per heavy atom. The van der Waals surface area contributed by atoms with Gasteiger partial charge in [-0.2, -0.15) is 0 Å². The molecule has 0 bridgehead atoms. The van der Waals surface area contributed by atoms with Gasteiger partial charge in [-0.3, -0.25) is 0 Å². The Hall–Kier alpha value is -1.80. The maximum absolute atomic E-state index is 3.99. The molecule has 0 aliphatic carbocycles. The van der Waals surface area contributed by atoms with Gasteiger partial charge in [0.05, 0.1) is 0 Å². The Bertz CT molecular complexity index is 698. The van der Waals surface area contributed by atoms with Gasteiger partial charge in [0.1, 0.15) is 0 Å². The van der Waals surface area contributed by atoms with Crippen LogP contribution in [0.1, 0.15) is 5.56 Å². The summed E-state index contributed by atoms with van der Waals surface area (Å²) < 4.78 is 4.73. The van der Waals surface area contributed by atoms with Gasteiger partial charge in [0.25, 0.3) is 0 Å². The molecule has 25 heavy (non-hydrogen) atoms. The van der Waals surface area contributed by atoms with Gasteiger partial charge >= 0.3 is 158 Å². The molecule has 0 heterocycles. The van der Waals surface area contributed by atoms with Crippen molar-refractivity contribution in [3.05, 3.63) is 104 Å². The first-order chi connectivity index (χ1) is 12.2. The van der Waals surface area contributed by atoms with E-state index in [1.807, 2.05) is 0 Å². The van der Waals surface area contributed by atoms with Gasteiger partial charge < -0.3 is 0 Å². The molecule has 128 valence electrons. The Morgan fingerprint density at radius 3 is 1.84 bits per heavy atom. The predicted molar refractivity (Wildman–Crippen MR) is 116 cm³/mol. The summed E-state index contributed by atoms with van der Waals surface area (Å²) in [5.41, 5.74) is 3.84. The van der Waals surface area contributed by atoms with Gasteiger partial charge in [-0.15, -0.1) is 0 Å². The third-order valence-corrected chi connectivity index (χ3v) is 17.7. The SMILES string of the molecule is C=C[CH2][Sn]([CH2]C=C)([CH2]C=C)[CH2]C=Cc1ccccc1-c1ccccc1. The second kappa shape index (κ2) is 10.2. The summed E-state index contributed by atoms with van der Waals surface area (Å²) in [4.78, 5) is 0. The summed E-state index contributed by atoms with van der Waals surface area (Å²) in [5, 5.41) is 0. The van der Waals surface area contributed by atoms with Crippen molar-refractivity contribution in [3.8, 4) is 11.1 Å². The molecule has 2 rings (SSSR count). The zero-order chi connectivity index (χ0) is 18.0. The summed E-state index contributed by atoms with van der Waals surface area (Å²) in [7, 11) is 0. The number of hydrogen-bond donors (Lipinski definition) is 0. The molecule has 0 aromatic heterocycles. The Morgan fingerprint density at radius 1 is 0.680 bits per heavy atom. The summed E-state index contributed by atoms with van der Waals surface area (Å²) in [6.07, 6.45) is 11.0. The van der Waals surface area contributed by atoms with Gasteiger partial charge in [-0.05, 0) is 0 Å². The van der Waals surface area contributed by atoms with E-state index in [0.29, 0.717) is 0 Å². The Balaban J connectivity index is 2.25. The van der Waals surface area contributed by atoms with Gasteiger partial charge in [0, 0.05) is 0 Å². The quantitative estimate of drug-likeness (QED) is 0.270. The van der Waals surface area contributed by atoms with Crippen LogP contribution in [-0.4, -0.2) is 18.4 Å². The van der Waals surface area contributed by atoms with Crippen LogP contribution in [0.25, 0.3) is 17.2 Å². The third-order valence-electron chi connectivity index (χ3n) is 4.63. The van der Waals surface area contributed by atoms with E-state index in [2.05, 4.69) is 105 Å². The summed E-state index contributed by atoms with van der Waals surface area (Å²) >= 11 is -2.32. The Labute approximate surface area is 157 Å². The molecule has 2 aromatic rings. The second-order valence-corrected chi connectivity index (χ2v) is 19.8. The predicted octanol–water partition coefficient (Wildman–Crippen LogP) is 7.37. The minimum absolute atomic E-state index is 1.18. The fourth-order valence-electron chi connectivity index (χ4n) is 3.38. The van der Waals surface area contributed by atoms with Crippen LogP contribution in [0.3, 0.4) is 0 Å². The molecule has 0 N–H and O–H groups in total. The third kappa shape index (κ3) is 5.60. The topological polar surface area (TPSA) is 0 Å². The zero-order valence-electron chi connectivity index (χ0n) is 15.0.